The molecule has 12 nitrogen and oxygen atoms in total. The number of aryl methyl sites for hydroxylation is 2. The molecule has 1 aromatic carbocycles. The monoisotopic (exact) mass is 1000 g/mol. The van der Waals surface area contributed by atoms with Gasteiger partial charge in [-0.3, -0.25) is 0 Å². The molecule has 6 heterocycles. The Balaban J connectivity index is 1.16. The summed E-state index contributed by atoms with van der Waals surface area (Å²) in [6, 6.07) is 6.78. The van der Waals surface area contributed by atoms with Crippen molar-refractivity contribution in [2.24, 2.45) is 0 Å². The molecule has 0 unspecified atom stereocenters. The van der Waals surface area contributed by atoms with Crippen molar-refractivity contribution in [2.45, 2.75) is 232 Å². The van der Waals surface area contributed by atoms with E-state index in [1.54, 1.807) is 0 Å². The molecule has 6 saturated heterocycles. The van der Waals surface area contributed by atoms with E-state index in [1.165, 1.54) is 0 Å². The molecule has 348 valence electrons. The fourth-order valence-corrected chi connectivity index (χ4v) is 70.7. The molecule has 8 bridgehead atoms. The van der Waals surface area contributed by atoms with Crippen molar-refractivity contribution < 1.29 is 49.4 Å². The summed E-state index contributed by atoms with van der Waals surface area (Å²) in [6.07, 6.45) is 29.1. The normalized spacial score (nSPS) is 47.0. The molecule has 7 saturated carbocycles. The summed E-state index contributed by atoms with van der Waals surface area (Å²) in [7, 11) is -32.0. The van der Waals surface area contributed by atoms with Crippen molar-refractivity contribution in [1.82, 2.24) is 0 Å². The van der Waals surface area contributed by atoms with Crippen LogP contribution in [0.15, 0.2) is 18.2 Å². The van der Waals surface area contributed by atoms with Gasteiger partial charge in [-0.15, -0.1) is 0 Å². The van der Waals surface area contributed by atoms with Gasteiger partial charge in [-0.1, -0.05) is 119 Å². The quantitative estimate of drug-likeness (QED) is 0.231. The van der Waals surface area contributed by atoms with Gasteiger partial charge in [0.1, 0.15) is 0 Å². The molecule has 0 radical (unpaired) electrons. The third-order valence-electron chi connectivity index (χ3n) is 18.0. The Morgan fingerprint density at radius 2 is 0.444 bits per heavy atom. The summed E-state index contributed by atoms with van der Waals surface area (Å²) in [5, 5.41) is 0.942. The van der Waals surface area contributed by atoms with Crippen LogP contribution in [0.3, 0.4) is 0 Å². The van der Waals surface area contributed by atoms with Crippen LogP contribution in [0.4, 0.5) is 0 Å². The Morgan fingerprint density at radius 1 is 0.270 bits per heavy atom. The highest BCUT2D eigenvalue weighted by atomic mass is 28.6. The maximum atomic E-state index is 8.51. The molecule has 63 heavy (non-hydrogen) atoms. The first-order valence-electron chi connectivity index (χ1n) is 26.1. The third kappa shape index (κ3) is 6.94. The van der Waals surface area contributed by atoms with E-state index >= 15 is 0 Å². The smallest absolute Gasteiger partial charge is 0.373 e. The van der Waals surface area contributed by atoms with Crippen LogP contribution in [0.1, 0.15) is 191 Å². The van der Waals surface area contributed by atoms with Crippen LogP contribution in [0.5, 0.6) is 0 Å². The van der Waals surface area contributed by atoms with Crippen LogP contribution in [-0.4, -0.2) is 70.4 Å². The first-order valence-corrected chi connectivity index (χ1v) is 40.5. The molecule has 0 N–H and O–H groups in total. The molecule has 6 aliphatic heterocycles. The van der Waals surface area contributed by atoms with Crippen molar-refractivity contribution >= 4 is 75.6 Å². The van der Waals surface area contributed by atoms with Crippen LogP contribution in [0, 0.1) is 13.8 Å². The number of hydrogen-bond donors (Lipinski definition) is 0. The highest BCUT2D eigenvalue weighted by Crippen LogP contribution is 2.66. The van der Waals surface area contributed by atoms with Crippen LogP contribution in [0.2, 0.25) is 38.8 Å². The zero-order chi connectivity index (χ0) is 42.2. The second-order valence-corrected chi connectivity index (χ2v) is 47.9. The molecule has 13 aliphatic rings. The molecule has 0 atom stereocenters. The second-order valence-electron chi connectivity index (χ2n) is 22.3. The van der Waals surface area contributed by atoms with E-state index in [0.29, 0.717) is 0 Å². The Morgan fingerprint density at radius 3 is 0.635 bits per heavy atom. The lowest BCUT2D eigenvalue weighted by Gasteiger charge is -2.66. The Hall–Kier alpha value is 0.475. The molecule has 20 heteroatoms. The Kier molecular flexibility index (Phi) is 11.0. The van der Waals surface area contributed by atoms with Gasteiger partial charge in [0.15, 0.2) is 0 Å². The standard InChI is InChI=1S/C43H72O12Si8/c1-34-31-35(2)33-43(32-34)63-53-60(40-25-11-12-26-40)47-57(37-19-5-6-20-37)44-56(36-17-3-4-18-36)45-58(49-60,38-21-7-8-22-38)51-62(55-63,42-29-15-16-30-42)52-59(46-56,39-23-9-10-24-39)50-61(48-57,54-63)41-27-13-14-28-41/h31-33,36-42H,3-30H2,1-2H3. The van der Waals surface area contributed by atoms with E-state index in [2.05, 4.69) is 32.0 Å². The lowest BCUT2D eigenvalue weighted by atomic mass is 10.2. The zero-order valence-corrected chi connectivity index (χ0v) is 46.0. The summed E-state index contributed by atoms with van der Waals surface area (Å²) in [6.45, 7) is 4.37. The van der Waals surface area contributed by atoms with Gasteiger partial charge in [0, 0.05) is 44.0 Å². The predicted molar refractivity (Wildman–Crippen MR) is 250 cm³/mol. The average Bonchev–Trinajstić information content (AvgIpc) is 4.10. The molecular weight excluding hydrogens is 933 g/mol. The van der Waals surface area contributed by atoms with Gasteiger partial charge < -0.3 is 49.4 Å². The first-order chi connectivity index (χ1) is 30.6. The van der Waals surface area contributed by atoms with Crippen LogP contribution in [-0.2, 0) is 49.4 Å². The van der Waals surface area contributed by atoms with Gasteiger partial charge in [-0.05, 0) is 104 Å². The molecule has 1 aromatic rings. The van der Waals surface area contributed by atoms with Crippen LogP contribution >= 0.6 is 0 Å². The predicted octanol–water partition coefficient (Wildman–Crippen LogP) is 10.9. The molecule has 13 fully saturated rings. The number of benzene rings is 1. The second kappa shape index (κ2) is 16.0. The van der Waals surface area contributed by atoms with Crippen molar-refractivity contribution in [3.05, 3.63) is 29.3 Å². The van der Waals surface area contributed by atoms with Gasteiger partial charge in [-0.2, -0.15) is 0 Å². The maximum absolute atomic E-state index is 8.51. The van der Waals surface area contributed by atoms with E-state index in [0.717, 1.165) is 196 Å². The zero-order valence-electron chi connectivity index (χ0n) is 38.0. The van der Waals surface area contributed by atoms with Crippen molar-refractivity contribution in [2.75, 3.05) is 0 Å². The van der Waals surface area contributed by atoms with E-state index in [9.17, 15) is 0 Å². The molecule has 0 aromatic heterocycles. The van der Waals surface area contributed by atoms with Crippen molar-refractivity contribution in [3.63, 3.8) is 0 Å². The average molecular weight is 1010 g/mol. The summed E-state index contributed by atoms with van der Waals surface area (Å²) in [5.74, 6) is 0. The van der Waals surface area contributed by atoms with Crippen LogP contribution in [0.25, 0.3) is 0 Å². The van der Waals surface area contributed by atoms with Gasteiger partial charge in [0.05, 0.1) is 0 Å². The minimum absolute atomic E-state index is 0.0194. The minimum Gasteiger partial charge on any atom is -0.373 e. The Labute approximate surface area is 384 Å². The minimum atomic E-state index is -4.23. The fraction of sp³-hybridized carbons (Fsp3) is 0.860. The van der Waals surface area contributed by atoms with Crippen molar-refractivity contribution in [3.8, 4) is 0 Å². The molecule has 0 amide bonds. The van der Waals surface area contributed by atoms with Gasteiger partial charge >= 0.3 is 70.4 Å². The Bertz CT molecular complexity index is 1690. The van der Waals surface area contributed by atoms with Gasteiger partial charge in [0.25, 0.3) is 0 Å². The van der Waals surface area contributed by atoms with Gasteiger partial charge in [0.2, 0.25) is 0 Å². The SMILES string of the molecule is Cc1cc(C)cc([Si]23O[Si]4(C5CCCC5)O[Si]5(C6CCCC6)O[Si](C6CCCC6)(O2)O[Si]2(C6CCCC6)O[Si](C6CCCC6)(O3)O[Si](C3CCCC3)(O4)O[Si](C3CCCC3)(O5)O2)c1. The van der Waals surface area contributed by atoms with E-state index in [4.69, 9.17) is 49.4 Å². The summed E-state index contributed by atoms with van der Waals surface area (Å²) in [5.41, 5.74) is 2.57. The highest BCUT2D eigenvalue weighted by Gasteiger charge is 2.88. The van der Waals surface area contributed by atoms with E-state index < -0.39 is 70.4 Å². The maximum Gasteiger partial charge on any atom is 0.515 e. The van der Waals surface area contributed by atoms with Gasteiger partial charge in [-0.25, -0.2) is 0 Å². The first kappa shape index (κ1) is 43.5. The molecule has 0 spiro atoms. The summed E-state index contributed by atoms with van der Waals surface area (Å²) < 4.78 is 102. The summed E-state index contributed by atoms with van der Waals surface area (Å²) >= 11 is 0. The van der Waals surface area contributed by atoms with Crippen molar-refractivity contribution in [1.29, 1.82) is 0 Å². The fourth-order valence-electron chi connectivity index (χ4n) is 14.9. The molecular formula is C43H72O12Si8. The lowest BCUT2D eigenvalue weighted by Crippen LogP contribution is -2.91. The van der Waals surface area contributed by atoms with E-state index in [-0.39, 0.29) is 38.8 Å². The lowest BCUT2D eigenvalue weighted by molar-refractivity contribution is -0.0428. The highest BCUT2D eigenvalue weighted by molar-refractivity contribution is 7.06. The third-order valence-corrected chi connectivity index (χ3v) is 57.1. The number of hydrogen-bond acceptors (Lipinski definition) is 12. The number of rotatable bonds is 8. The largest absolute Gasteiger partial charge is 0.515 e. The molecule has 14 rings (SSSR count). The van der Waals surface area contributed by atoms with E-state index in [1.807, 2.05) is 0 Å². The topological polar surface area (TPSA) is 111 Å². The van der Waals surface area contributed by atoms with Crippen LogP contribution < -0.4 is 5.19 Å². The summed E-state index contributed by atoms with van der Waals surface area (Å²) in [4.78, 5) is 0. The molecule has 7 aliphatic carbocycles.